The molecule has 136 valence electrons. The predicted molar refractivity (Wildman–Crippen MR) is 81.4 cm³/mol. The number of alkyl halides is 3. The van der Waals surface area contributed by atoms with Crippen molar-refractivity contribution in [2.75, 3.05) is 6.54 Å². The zero-order chi connectivity index (χ0) is 18.2. The van der Waals surface area contributed by atoms with Gasteiger partial charge in [-0.25, -0.2) is 4.79 Å². The average Bonchev–Trinajstić information content (AvgIpc) is 2.54. The summed E-state index contributed by atoms with van der Waals surface area (Å²) in [4.78, 5) is 22.6. The van der Waals surface area contributed by atoms with Gasteiger partial charge in [0.15, 0.2) is 11.5 Å². The van der Waals surface area contributed by atoms with E-state index in [9.17, 15) is 22.8 Å². The Labute approximate surface area is 142 Å². The lowest BCUT2D eigenvalue weighted by Crippen LogP contribution is -2.46. The molecular weight excluding hydrogens is 339 g/mol. The Hall–Kier alpha value is -2.09. The molecule has 0 bridgehead atoms. The van der Waals surface area contributed by atoms with E-state index in [1.807, 2.05) is 0 Å². The van der Waals surface area contributed by atoms with Crippen LogP contribution in [0.2, 0.25) is 0 Å². The Kier molecular flexibility index (Phi) is 4.73. The molecule has 0 spiro atoms. The van der Waals surface area contributed by atoms with E-state index in [-0.39, 0.29) is 23.5 Å². The molecule has 8 heteroatoms. The number of nitrogens with one attached hydrogen (secondary N) is 1. The van der Waals surface area contributed by atoms with Gasteiger partial charge >= 0.3 is 18.1 Å². The van der Waals surface area contributed by atoms with Gasteiger partial charge in [-0.1, -0.05) is 6.07 Å². The van der Waals surface area contributed by atoms with Crippen LogP contribution >= 0.6 is 0 Å². The molecular formula is C17H18F3NO4. The number of carbonyl (C=O) groups is 2. The third kappa shape index (κ3) is 3.78. The van der Waals surface area contributed by atoms with Gasteiger partial charge in [-0.3, -0.25) is 4.79 Å². The molecule has 0 unspecified atom stereocenters. The van der Waals surface area contributed by atoms with E-state index in [0.717, 1.165) is 31.9 Å². The SMILES string of the molecule is CC(=O)Oc1ccc2c(c1OC(=O)C(F)(F)F)C[C@H]1CCCN[C@@H]1C2. The molecule has 1 aliphatic heterocycles. The Morgan fingerprint density at radius 1 is 1.20 bits per heavy atom. The lowest BCUT2D eigenvalue weighted by molar-refractivity contribution is -0.189. The topological polar surface area (TPSA) is 64.6 Å². The molecule has 1 heterocycles. The second-order valence-electron chi connectivity index (χ2n) is 6.38. The van der Waals surface area contributed by atoms with Gasteiger partial charge in [0.2, 0.25) is 0 Å². The van der Waals surface area contributed by atoms with E-state index in [1.54, 1.807) is 6.07 Å². The first-order valence-corrected chi connectivity index (χ1v) is 8.11. The summed E-state index contributed by atoms with van der Waals surface area (Å²) in [6.07, 6.45) is -2.08. The quantitative estimate of drug-likeness (QED) is 0.651. The van der Waals surface area contributed by atoms with Crippen molar-refractivity contribution in [2.45, 2.75) is 44.8 Å². The van der Waals surface area contributed by atoms with Crippen LogP contribution in [0.1, 0.15) is 30.9 Å². The molecule has 2 aliphatic rings. The van der Waals surface area contributed by atoms with Gasteiger partial charge < -0.3 is 14.8 Å². The highest BCUT2D eigenvalue weighted by Crippen LogP contribution is 2.42. The predicted octanol–water partition coefficient (Wildman–Crippen LogP) is 2.55. The van der Waals surface area contributed by atoms with Crippen molar-refractivity contribution in [3.8, 4) is 11.5 Å². The van der Waals surface area contributed by atoms with Crippen LogP contribution in [0.3, 0.4) is 0 Å². The zero-order valence-electron chi connectivity index (χ0n) is 13.6. The zero-order valence-corrected chi connectivity index (χ0v) is 13.6. The van der Waals surface area contributed by atoms with Crippen LogP contribution < -0.4 is 14.8 Å². The maximum atomic E-state index is 12.6. The molecule has 3 rings (SSSR count). The molecule has 5 nitrogen and oxygen atoms in total. The lowest BCUT2D eigenvalue weighted by atomic mass is 9.76. The van der Waals surface area contributed by atoms with Crippen molar-refractivity contribution >= 4 is 11.9 Å². The lowest BCUT2D eigenvalue weighted by Gasteiger charge is -2.38. The van der Waals surface area contributed by atoms with Crippen LogP contribution in [-0.2, 0) is 22.4 Å². The van der Waals surface area contributed by atoms with Gasteiger partial charge in [-0.05, 0) is 49.8 Å². The minimum atomic E-state index is -5.13. The molecule has 1 fully saturated rings. The first kappa shape index (κ1) is 17.7. The molecule has 1 saturated heterocycles. The Balaban J connectivity index is 2.00. The van der Waals surface area contributed by atoms with E-state index in [0.29, 0.717) is 18.4 Å². The van der Waals surface area contributed by atoms with E-state index in [4.69, 9.17) is 4.74 Å². The van der Waals surface area contributed by atoms with Gasteiger partial charge in [0.25, 0.3) is 0 Å². The van der Waals surface area contributed by atoms with Gasteiger partial charge in [0, 0.05) is 18.5 Å². The fraction of sp³-hybridized carbons (Fsp3) is 0.529. The van der Waals surface area contributed by atoms with Gasteiger partial charge in [0.1, 0.15) is 0 Å². The number of esters is 2. The van der Waals surface area contributed by atoms with Crippen molar-refractivity contribution in [3.05, 3.63) is 23.3 Å². The van der Waals surface area contributed by atoms with Crippen LogP contribution in [0, 0.1) is 5.92 Å². The summed E-state index contributed by atoms with van der Waals surface area (Å²) >= 11 is 0. The fourth-order valence-corrected chi connectivity index (χ4v) is 3.56. The number of hydrogen-bond donors (Lipinski definition) is 1. The summed E-state index contributed by atoms with van der Waals surface area (Å²) < 4.78 is 47.5. The number of hydrogen-bond acceptors (Lipinski definition) is 5. The number of halogens is 3. The number of carbonyl (C=O) groups excluding carboxylic acids is 2. The minimum Gasteiger partial charge on any atom is -0.423 e. The number of benzene rings is 1. The monoisotopic (exact) mass is 357 g/mol. The largest absolute Gasteiger partial charge is 0.491 e. The van der Waals surface area contributed by atoms with Gasteiger partial charge in [-0.15, -0.1) is 0 Å². The van der Waals surface area contributed by atoms with Crippen LogP contribution in [0.15, 0.2) is 12.1 Å². The second kappa shape index (κ2) is 6.67. The van der Waals surface area contributed by atoms with E-state index in [2.05, 4.69) is 10.1 Å². The van der Waals surface area contributed by atoms with Crippen molar-refractivity contribution in [1.29, 1.82) is 0 Å². The van der Waals surface area contributed by atoms with Crippen molar-refractivity contribution in [3.63, 3.8) is 0 Å². The van der Waals surface area contributed by atoms with E-state index < -0.39 is 18.1 Å². The number of piperidine rings is 1. The summed E-state index contributed by atoms with van der Waals surface area (Å²) in [6, 6.07) is 3.35. The Morgan fingerprint density at radius 3 is 2.64 bits per heavy atom. The summed E-state index contributed by atoms with van der Waals surface area (Å²) in [5.41, 5.74) is 1.32. The number of rotatable bonds is 2. The molecule has 25 heavy (non-hydrogen) atoms. The maximum Gasteiger partial charge on any atom is 0.491 e. The van der Waals surface area contributed by atoms with E-state index >= 15 is 0 Å². The summed E-state index contributed by atoms with van der Waals surface area (Å²) in [5, 5.41) is 3.42. The third-order valence-corrected chi connectivity index (χ3v) is 4.63. The second-order valence-corrected chi connectivity index (χ2v) is 6.38. The highest BCUT2D eigenvalue weighted by atomic mass is 19.4. The first-order valence-electron chi connectivity index (χ1n) is 8.11. The Bertz CT molecular complexity index is 702. The molecule has 1 N–H and O–H groups in total. The first-order chi connectivity index (χ1) is 11.8. The fourth-order valence-electron chi connectivity index (χ4n) is 3.56. The van der Waals surface area contributed by atoms with Gasteiger partial charge in [-0.2, -0.15) is 13.2 Å². The highest BCUT2D eigenvalue weighted by molar-refractivity contribution is 5.80. The normalized spacial score (nSPS) is 22.6. The van der Waals surface area contributed by atoms with Crippen molar-refractivity contribution in [2.24, 2.45) is 5.92 Å². The summed E-state index contributed by atoms with van der Waals surface area (Å²) in [6.45, 7) is 2.05. The highest BCUT2D eigenvalue weighted by Gasteiger charge is 2.43. The summed E-state index contributed by atoms with van der Waals surface area (Å²) in [5.74, 6) is -3.22. The molecule has 0 aromatic heterocycles. The number of ether oxygens (including phenoxy) is 2. The average molecular weight is 357 g/mol. The standard InChI is InChI=1S/C17H18F3NO4/c1-9(22)24-14-5-4-10-8-13-11(3-2-6-21-13)7-12(10)15(14)25-16(23)17(18,19)20/h4-5,11,13,21H,2-3,6-8H2,1H3/t11-,13-/m1/s1. The van der Waals surface area contributed by atoms with Crippen LogP contribution in [-0.4, -0.2) is 30.7 Å². The molecule has 1 aliphatic carbocycles. The minimum absolute atomic E-state index is 0.161. The smallest absolute Gasteiger partial charge is 0.423 e. The molecule has 1 aromatic rings. The van der Waals surface area contributed by atoms with Crippen LogP contribution in [0.4, 0.5) is 13.2 Å². The molecule has 0 radical (unpaired) electrons. The van der Waals surface area contributed by atoms with E-state index in [1.165, 1.54) is 6.07 Å². The van der Waals surface area contributed by atoms with Crippen molar-refractivity contribution < 1.29 is 32.2 Å². The maximum absolute atomic E-state index is 12.6. The summed E-state index contributed by atoms with van der Waals surface area (Å²) in [7, 11) is 0. The molecule has 1 aromatic carbocycles. The molecule has 2 atom stereocenters. The van der Waals surface area contributed by atoms with Crippen LogP contribution in [0.5, 0.6) is 11.5 Å². The Morgan fingerprint density at radius 2 is 1.96 bits per heavy atom. The van der Waals surface area contributed by atoms with Gasteiger partial charge in [0.05, 0.1) is 0 Å². The van der Waals surface area contributed by atoms with Crippen molar-refractivity contribution in [1.82, 2.24) is 5.32 Å². The molecule has 0 amide bonds. The molecule has 0 saturated carbocycles. The number of fused-ring (bicyclic) bond motifs is 2. The third-order valence-electron chi connectivity index (χ3n) is 4.63. The van der Waals surface area contributed by atoms with Crippen LogP contribution in [0.25, 0.3) is 0 Å².